The van der Waals surface area contributed by atoms with E-state index < -0.39 is 11.7 Å². The van der Waals surface area contributed by atoms with E-state index in [2.05, 4.69) is 0 Å². The van der Waals surface area contributed by atoms with Gasteiger partial charge in [0.2, 0.25) is 0 Å². The van der Waals surface area contributed by atoms with Gasteiger partial charge in [0.1, 0.15) is 5.60 Å². The molecule has 1 aliphatic rings. The van der Waals surface area contributed by atoms with Gasteiger partial charge < -0.3 is 14.7 Å². The molecule has 0 saturated carbocycles. The highest BCUT2D eigenvalue weighted by atomic mass is 35.5. The summed E-state index contributed by atoms with van der Waals surface area (Å²) in [5, 5.41) is 10.1. The first-order valence-electron chi connectivity index (χ1n) is 6.17. The van der Waals surface area contributed by atoms with Crippen LogP contribution in [0.25, 0.3) is 0 Å². The number of thiophene rings is 1. The molecule has 0 aliphatic carbocycles. The van der Waals surface area contributed by atoms with Gasteiger partial charge in [-0.2, -0.15) is 0 Å². The highest BCUT2D eigenvalue weighted by molar-refractivity contribution is 7.16. The molecular formula is C13H18ClNO3S. The first-order valence-corrected chi connectivity index (χ1v) is 7.37. The average Bonchev–Trinajstić information content (AvgIpc) is 2.82. The molecule has 2 atom stereocenters. The lowest BCUT2D eigenvalue weighted by molar-refractivity contribution is 0.0270. The number of carbonyl (C=O) groups is 1. The Labute approximate surface area is 121 Å². The number of aliphatic hydroxyl groups excluding tert-OH is 1. The summed E-state index contributed by atoms with van der Waals surface area (Å²) < 4.78 is 6.01. The Morgan fingerprint density at radius 3 is 2.68 bits per heavy atom. The van der Waals surface area contributed by atoms with Crippen molar-refractivity contribution in [3.8, 4) is 0 Å². The number of likely N-dealkylation sites (tertiary alicyclic amines) is 1. The Kier molecular flexibility index (Phi) is 4.08. The summed E-state index contributed by atoms with van der Waals surface area (Å²) in [5.74, 6) is -0.0787. The van der Waals surface area contributed by atoms with Crippen LogP contribution in [-0.2, 0) is 4.74 Å². The number of halogens is 1. The Bertz CT molecular complexity index is 469. The van der Waals surface area contributed by atoms with Gasteiger partial charge in [-0.15, -0.1) is 11.3 Å². The SMILES string of the molecule is CC(C)(C)OC(=O)N1C[C@H](c2ccc(Cl)s2)[C@@H](O)C1. The van der Waals surface area contributed by atoms with Crippen molar-refractivity contribution in [2.75, 3.05) is 13.1 Å². The van der Waals surface area contributed by atoms with Crippen molar-refractivity contribution in [1.82, 2.24) is 4.90 Å². The van der Waals surface area contributed by atoms with Crippen LogP contribution in [0.3, 0.4) is 0 Å². The molecule has 6 heteroatoms. The summed E-state index contributed by atoms with van der Waals surface area (Å²) in [6.07, 6.45) is -0.945. The van der Waals surface area contributed by atoms with Gasteiger partial charge in [-0.05, 0) is 32.9 Å². The number of nitrogens with zero attached hydrogens (tertiary/aromatic N) is 1. The molecule has 1 saturated heterocycles. The second-order valence-corrected chi connectivity index (χ2v) is 7.45. The number of aliphatic hydroxyl groups is 1. The van der Waals surface area contributed by atoms with Gasteiger partial charge in [0.15, 0.2) is 0 Å². The van der Waals surface area contributed by atoms with E-state index in [1.807, 2.05) is 32.9 Å². The van der Waals surface area contributed by atoms with E-state index in [0.29, 0.717) is 17.4 Å². The van der Waals surface area contributed by atoms with Crippen molar-refractivity contribution in [2.45, 2.75) is 38.4 Å². The smallest absolute Gasteiger partial charge is 0.410 e. The number of ether oxygens (including phenoxy) is 1. The minimum atomic E-state index is -0.567. The van der Waals surface area contributed by atoms with Gasteiger partial charge >= 0.3 is 6.09 Å². The van der Waals surface area contributed by atoms with Crippen molar-refractivity contribution in [3.05, 3.63) is 21.3 Å². The van der Waals surface area contributed by atoms with Crippen LogP contribution in [0.5, 0.6) is 0 Å². The molecule has 1 aliphatic heterocycles. The van der Waals surface area contributed by atoms with E-state index in [1.54, 1.807) is 4.90 Å². The number of amides is 1. The summed E-state index contributed by atoms with van der Waals surface area (Å²) >= 11 is 7.35. The largest absolute Gasteiger partial charge is 0.444 e. The molecular weight excluding hydrogens is 286 g/mol. The summed E-state index contributed by atoms with van der Waals surface area (Å²) in [4.78, 5) is 14.5. The number of hydrogen-bond donors (Lipinski definition) is 1. The molecule has 1 amide bonds. The highest BCUT2D eigenvalue weighted by Crippen LogP contribution is 2.34. The topological polar surface area (TPSA) is 49.8 Å². The van der Waals surface area contributed by atoms with Crippen LogP contribution < -0.4 is 0 Å². The zero-order valence-corrected chi connectivity index (χ0v) is 12.8. The Morgan fingerprint density at radius 1 is 1.47 bits per heavy atom. The standard InChI is InChI=1S/C13H18ClNO3S/c1-13(2,3)18-12(17)15-6-8(9(16)7-15)10-4-5-11(14)19-10/h4-5,8-9,16H,6-7H2,1-3H3/t8-,9-/m0/s1. The summed E-state index contributed by atoms with van der Waals surface area (Å²) in [6.45, 7) is 6.25. The Balaban J connectivity index is 2.03. The lowest BCUT2D eigenvalue weighted by Gasteiger charge is -2.24. The molecule has 19 heavy (non-hydrogen) atoms. The summed E-state index contributed by atoms with van der Waals surface area (Å²) in [5.41, 5.74) is -0.521. The zero-order chi connectivity index (χ0) is 14.2. The second kappa shape index (κ2) is 5.31. The van der Waals surface area contributed by atoms with Crippen LogP contribution in [0.2, 0.25) is 4.34 Å². The minimum Gasteiger partial charge on any atom is -0.444 e. The molecule has 2 heterocycles. The minimum absolute atomic E-state index is 0.0787. The molecule has 0 bridgehead atoms. The first kappa shape index (κ1) is 14.6. The normalized spacial score (nSPS) is 23.7. The molecule has 1 aromatic rings. The fourth-order valence-electron chi connectivity index (χ4n) is 2.07. The number of carbonyl (C=O) groups excluding carboxylic acids is 1. The van der Waals surface area contributed by atoms with E-state index >= 15 is 0 Å². The van der Waals surface area contributed by atoms with Crippen molar-refractivity contribution in [3.63, 3.8) is 0 Å². The Morgan fingerprint density at radius 2 is 2.16 bits per heavy atom. The van der Waals surface area contributed by atoms with E-state index in [9.17, 15) is 9.90 Å². The van der Waals surface area contributed by atoms with Gasteiger partial charge in [-0.1, -0.05) is 11.6 Å². The van der Waals surface area contributed by atoms with Gasteiger partial charge in [0.05, 0.1) is 17.0 Å². The third-order valence-electron chi connectivity index (χ3n) is 2.90. The summed E-state index contributed by atoms with van der Waals surface area (Å²) in [7, 11) is 0. The van der Waals surface area contributed by atoms with Crippen molar-refractivity contribution < 1.29 is 14.6 Å². The predicted molar refractivity (Wildman–Crippen MR) is 75.9 cm³/mol. The van der Waals surface area contributed by atoms with Crippen LogP contribution in [0, 0.1) is 0 Å². The molecule has 0 aromatic carbocycles. The highest BCUT2D eigenvalue weighted by Gasteiger charge is 2.37. The van der Waals surface area contributed by atoms with Gasteiger partial charge in [-0.25, -0.2) is 4.79 Å². The fourth-order valence-corrected chi connectivity index (χ4v) is 3.28. The lowest BCUT2D eigenvalue weighted by Crippen LogP contribution is -2.35. The maximum Gasteiger partial charge on any atom is 0.410 e. The van der Waals surface area contributed by atoms with E-state index in [-0.39, 0.29) is 12.0 Å². The monoisotopic (exact) mass is 303 g/mol. The van der Waals surface area contributed by atoms with E-state index in [4.69, 9.17) is 16.3 Å². The zero-order valence-electron chi connectivity index (χ0n) is 11.2. The third-order valence-corrected chi connectivity index (χ3v) is 4.26. The maximum absolute atomic E-state index is 12.0. The first-order chi connectivity index (χ1) is 8.76. The maximum atomic E-state index is 12.0. The van der Waals surface area contributed by atoms with Crippen molar-refractivity contribution in [2.24, 2.45) is 0 Å². The molecule has 0 radical (unpaired) electrons. The fraction of sp³-hybridized carbons (Fsp3) is 0.615. The van der Waals surface area contributed by atoms with E-state index in [1.165, 1.54) is 11.3 Å². The lowest BCUT2D eigenvalue weighted by atomic mass is 10.1. The van der Waals surface area contributed by atoms with Crippen LogP contribution in [0.4, 0.5) is 4.79 Å². The molecule has 0 unspecified atom stereocenters. The Hall–Kier alpha value is -0.780. The predicted octanol–water partition coefficient (Wildman–Crippen LogP) is 3.10. The molecule has 106 valence electrons. The van der Waals surface area contributed by atoms with Gasteiger partial charge in [-0.3, -0.25) is 0 Å². The molecule has 4 nitrogen and oxygen atoms in total. The van der Waals surface area contributed by atoms with Gasteiger partial charge in [0.25, 0.3) is 0 Å². The quantitative estimate of drug-likeness (QED) is 0.867. The molecule has 1 N–H and O–H groups in total. The molecule has 1 fully saturated rings. The molecule has 1 aromatic heterocycles. The number of β-amino-alcohol motifs (C(OH)–C–C–N with tert-alkyl or cyclic N) is 1. The van der Waals surface area contributed by atoms with Crippen LogP contribution in [-0.4, -0.2) is 40.9 Å². The number of hydrogen-bond acceptors (Lipinski definition) is 4. The third kappa shape index (κ3) is 3.61. The van der Waals surface area contributed by atoms with Crippen molar-refractivity contribution >= 4 is 29.0 Å². The van der Waals surface area contributed by atoms with E-state index in [0.717, 1.165) is 4.88 Å². The molecule has 2 rings (SSSR count). The van der Waals surface area contributed by atoms with Crippen LogP contribution in [0.15, 0.2) is 12.1 Å². The van der Waals surface area contributed by atoms with Crippen LogP contribution >= 0.6 is 22.9 Å². The summed E-state index contributed by atoms with van der Waals surface area (Å²) in [6, 6.07) is 3.71. The molecule has 0 spiro atoms. The second-order valence-electron chi connectivity index (χ2n) is 5.70. The van der Waals surface area contributed by atoms with Gasteiger partial charge in [0, 0.05) is 17.3 Å². The van der Waals surface area contributed by atoms with Crippen molar-refractivity contribution in [1.29, 1.82) is 0 Å². The van der Waals surface area contributed by atoms with Crippen LogP contribution in [0.1, 0.15) is 31.6 Å². The average molecular weight is 304 g/mol. The number of rotatable bonds is 1.